The lowest BCUT2D eigenvalue weighted by atomic mass is 10.1. The second-order valence-corrected chi connectivity index (χ2v) is 7.44. The van der Waals surface area contributed by atoms with Crippen LogP contribution < -0.4 is 15.4 Å². The molecule has 1 heterocycles. The van der Waals surface area contributed by atoms with Gasteiger partial charge in [0, 0.05) is 25.7 Å². The van der Waals surface area contributed by atoms with Gasteiger partial charge >= 0.3 is 6.61 Å². The van der Waals surface area contributed by atoms with E-state index in [-0.39, 0.29) is 36.3 Å². The zero-order valence-corrected chi connectivity index (χ0v) is 19.0. The maximum absolute atomic E-state index is 12.2. The monoisotopic (exact) mass is 524 g/mol. The summed E-state index contributed by atoms with van der Waals surface area (Å²) in [6.07, 6.45) is 3.08. The topological polar surface area (TPSA) is 69.1 Å². The van der Waals surface area contributed by atoms with Gasteiger partial charge in [0.1, 0.15) is 5.75 Å². The number of nitrogens with zero attached hydrogens (tertiary/aromatic N) is 2. The molecule has 0 bridgehead atoms. The zero-order valence-electron chi connectivity index (χ0n) is 16.7. The predicted molar refractivity (Wildman–Crippen MR) is 120 cm³/mol. The van der Waals surface area contributed by atoms with Crippen molar-refractivity contribution in [1.82, 2.24) is 15.5 Å². The maximum atomic E-state index is 12.2. The van der Waals surface area contributed by atoms with E-state index in [1.54, 1.807) is 12.1 Å². The van der Waals surface area contributed by atoms with Crippen LogP contribution in [0, 0.1) is 5.92 Å². The molecule has 0 spiro atoms. The van der Waals surface area contributed by atoms with Crippen LogP contribution in [-0.4, -0.2) is 61.3 Å². The minimum Gasteiger partial charge on any atom is -0.435 e. The number of alkyl halides is 2. The molecule has 1 saturated carbocycles. The molecule has 2 unspecified atom stereocenters. The molecule has 164 valence electrons. The van der Waals surface area contributed by atoms with E-state index in [2.05, 4.69) is 25.3 Å². The van der Waals surface area contributed by atoms with E-state index >= 15 is 0 Å². The molecular weight excluding hydrogens is 493 g/mol. The first-order chi connectivity index (χ1) is 13.5. The Bertz CT molecular complexity index is 644. The number of hydrogen-bond acceptors (Lipinski definition) is 4. The van der Waals surface area contributed by atoms with E-state index < -0.39 is 12.7 Å². The fourth-order valence-electron chi connectivity index (χ4n) is 3.54. The van der Waals surface area contributed by atoms with Crippen LogP contribution in [0.15, 0.2) is 29.3 Å². The van der Waals surface area contributed by atoms with Crippen LogP contribution in [-0.2, 0) is 0 Å². The van der Waals surface area contributed by atoms with E-state index in [0.29, 0.717) is 17.4 Å². The summed E-state index contributed by atoms with van der Waals surface area (Å²) in [4.78, 5) is 7.05. The van der Waals surface area contributed by atoms with Crippen molar-refractivity contribution < 1.29 is 18.6 Å². The smallest absolute Gasteiger partial charge is 0.387 e. The molecule has 1 aromatic rings. The SMILES string of the molecule is CCNC(=NCC(O)c1ccc(OC(F)F)cc1)NCC1CCN(C2CC2)C1.I. The summed E-state index contributed by atoms with van der Waals surface area (Å²) in [5.74, 6) is 1.38. The molecule has 0 radical (unpaired) electrons. The number of hydrogen-bond donors (Lipinski definition) is 3. The summed E-state index contributed by atoms with van der Waals surface area (Å²) in [7, 11) is 0. The average Bonchev–Trinajstić information content (AvgIpc) is 3.42. The van der Waals surface area contributed by atoms with Crippen LogP contribution in [0.5, 0.6) is 5.75 Å². The number of aliphatic hydroxyl groups excluding tert-OH is 1. The molecule has 1 aliphatic heterocycles. The Morgan fingerprint density at radius 3 is 2.59 bits per heavy atom. The largest absolute Gasteiger partial charge is 0.435 e. The summed E-state index contributed by atoms with van der Waals surface area (Å²) in [5, 5.41) is 16.9. The summed E-state index contributed by atoms with van der Waals surface area (Å²) in [6.45, 7) is 3.26. The number of nitrogens with one attached hydrogen (secondary N) is 2. The van der Waals surface area contributed by atoms with Crippen LogP contribution in [0.4, 0.5) is 8.78 Å². The molecular formula is C20H31F2IN4O2. The number of guanidine groups is 1. The third kappa shape index (κ3) is 7.86. The van der Waals surface area contributed by atoms with E-state index in [1.165, 1.54) is 37.9 Å². The number of benzene rings is 1. The highest BCUT2D eigenvalue weighted by Crippen LogP contribution is 2.31. The molecule has 1 aromatic carbocycles. The van der Waals surface area contributed by atoms with Gasteiger partial charge < -0.3 is 25.4 Å². The van der Waals surface area contributed by atoms with Gasteiger partial charge in [-0.05, 0) is 56.3 Å². The molecule has 2 fully saturated rings. The van der Waals surface area contributed by atoms with Gasteiger partial charge in [0.05, 0.1) is 12.6 Å². The summed E-state index contributed by atoms with van der Waals surface area (Å²) < 4.78 is 28.7. The Kier molecular flexibility index (Phi) is 9.84. The van der Waals surface area contributed by atoms with E-state index in [9.17, 15) is 13.9 Å². The quantitative estimate of drug-likeness (QED) is 0.264. The Morgan fingerprint density at radius 2 is 1.97 bits per heavy atom. The van der Waals surface area contributed by atoms with E-state index in [1.807, 2.05) is 6.92 Å². The second-order valence-electron chi connectivity index (χ2n) is 7.44. The number of rotatable bonds is 9. The van der Waals surface area contributed by atoms with Gasteiger partial charge in [-0.25, -0.2) is 0 Å². The summed E-state index contributed by atoms with van der Waals surface area (Å²) in [5.41, 5.74) is 0.608. The maximum Gasteiger partial charge on any atom is 0.387 e. The first-order valence-electron chi connectivity index (χ1n) is 10.0. The molecule has 1 saturated heterocycles. The lowest BCUT2D eigenvalue weighted by molar-refractivity contribution is -0.0498. The van der Waals surface area contributed by atoms with Crippen molar-refractivity contribution in [3.63, 3.8) is 0 Å². The molecule has 9 heteroatoms. The number of aliphatic imine (C=N–C) groups is 1. The standard InChI is InChI=1S/C20H30F2N4O2.HI/c1-2-23-20(24-11-14-9-10-26(13-14)16-5-6-16)25-12-18(27)15-3-7-17(8-4-15)28-19(21)22;/h3-4,7-8,14,16,18-19,27H,2,5-6,9-13H2,1H3,(H2,23,24,25);1H. The molecule has 0 amide bonds. The van der Waals surface area contributed by atoms with Crippen LogP contribution in [0.3, 0.4) is 0 Å². The Morgan fingerprint density at radius 1 is 1.24 bits per heavy atom. The molecule has 2 atom stereocenters. The van der Waals surface area contributed by atoms with E-state index in [4.69, 9.17) is 0 Å². The third-order valence-corrected chi connectivity index (χ3v) is 5.20. The van der Waals surface area contributed by atoms with Gasteiger partial charge in [0.15, 0.2) is 5.96 Å². The molecule has 0 aromatic heterocycles. The Labute approximate surface area is 188 Å². The van der Waals surface area contributed by atoms with Gasteiger partial charge in [-0.1, -0.05) is 12.1 Å². The van der Waals surface area contributed by atoms with Crippen molar-refractivity contribution in [1.29, 1.82) is 0 Å². The van der Waals surface area contributed by atoms with Gasteiger partial charge in [-0.15, -0.1) is 24.0 Å². The number of aliphatic hydroxyl groups is 1. The first-order valence-corrected chi connectivity index (χ1v) is 10.0. The first kappa shape index (κ1) is 24.1. The minimum absolute atomic E-state index is 0. The molecule has 1 aliphatic carbocycles. The highest BCUT2D eigenvalue weighted by atomic mass is 127. The van der Waals surface area contributed by atoms with Gasteiger partial charge in [0.2, 0.25) is 0 Å². The van der Waals surface area contributed by atoms with Gasteiger partial charge in [0.25, 0.3) is 0 Å². The summed E-state index contributed by atoms with van der Waals surface area (Å²) >= 11 is 0. The van der Waals surface area contributed by atoms with Crippen LogP contribution in [0.1, 0.15) is 37.9 Å². The van der Waals surface area contributed by atoms with Gasteiger partial charge in [-0.2, -0.15) is 8.78 Å². The molecule has 29 heavy (non-hydrogen) atoms. The fraction of sp³-hybridized carbons (Fsp3) is 0.650. The lowest BCUT2D eigenvalue weighted by Crippen LogP contribution is -2.40. The highest BCUT2D eigenvalue weighted by molar-refractivity contribution is 14.0. The van der Waals surface area contributed by atoms with Crippen molar-refractivity contribution in [3.05, 3.63) is 29.8 Å². The highest BCUT2D eigenvalue weighted by Gasteiger charge is 2.34. The molecule has 3 rings (SSSR count). The summed E-state index contributed by atoms with van der Waals surface area (Å²) in [6, 6.07) is 6.80. The van der Waals surface area contributed by atoms with Crippen molar-refractivity contribution in [3.8, 4) is 5.75 Å². The van der Waals surface area contributed by atoms with E-state index in [0.717, 1.165) is 25.7 Å². The number of ether oxygens (including phenoxy) is 1. The number of halogens is 3. The molecule has 2 aliphatic rings. The third-order valence-electron chi connectivity index (χ3n) is 5.20. The Balaban J connectivity index is 0.00000300. The van der Waals surface area contributed by atoms with Crippen molar-refractivity contribution in [2.75, 3.05) is 32.7 Å². The van der Waals surface area contributed by atoms with Crippen molar-refractivity contribution >= 4 is 29.9 Å². The average molecular weight is 524 g/mol. The predicted octanol–water partition coefficient (Wildman–Crippen LogP) is 2.98. The van der Waals surface area contributed by atoms with Gasteiger partial charge in [-0.3, -0.25) is 4.99 Å². The van der Waals surface area contributed by atoms with Crippen LogP contribution in [0.25, 0.3) is 0 Å². The van der Waals surface area contributed by atoms with Crippen LogP contribution >= 0.6 is 24.0 Å². The number of likely N-dealkylation sites (tertiary alicyclic amines) is 1. The van der Waals surface area contributed by atoms with Crippen molar-refractivity contribution in [2.45, 2.75) is 44.9 Å². The molecule has 3 N–H and O–H groups in total. The van der Waals surface area contributed by atoms with Crippen molar-refractivity contribution in [2.24, 2.45) is 10.9 Å². The fourth-order valence-corrected chi connectivity index (χ4v) is 3.54. The molecule has 6 nitrogen and oxygen atoms in total. The zero-order chi connectivity index (χ0) is 19.9. The minimum atomic E-state index is -2.86. The second kappa shape index (κ2) is 11.8. The lowest BCUT2D eigenvalue weighted by Gasteiger charge is -2.17. The Hall–Kier alpha value is -1.20. The normalized spacial score (nSPS) is 21.0. The van der Waals surface area contributed by atoms with Crippen LogP contribution in [0.2, 0.25) is 0 Å².